The molecule has 4 heteroatoms. The molecule has 1 amide bonds. The molecule has 0 saturated heterocycles. The molecule has 3 nitrogen and oxygen atoms in total. The number of benzene rings is 1. The van der Waals surface area contributed by atoms with E-state index in [0.29, 0.717) is 0 Å². The predicted molar refractivity (Wildman–Crippen MR) is 85.3 cm³/mol. The highest BCUT2D eigenvalue weighted by Crippen LogP contribution is 2.29. The minimum Gasteiger partial charge on any atom is -0.294 e. The highest BCUT2D eigenvalue weighted by Gasteiger charge is 2.15. The fourth-order valence-corrected chi connectivity index (χ4v) is 3.91. The maximum atomic E-state index is 11.5. The molecular weight excluding hydrogens is 268 g/mol. The predicted octanol–water partition coefficient (Wildman–Crippen LogP) is 3.20. The molecule has 20 heavy (non-hydrogen) atoms. The molecule has 2 rings (SSSR count). The van der Waals surface area contributed by atoms with Crippen molar-refractivity contribution in [1.29, 1.82) is 0 Å². The van der Waals surface area contributed by atoms with Crippen LogP contribution in [-0.2, 0) is 10.5 Å². The number of carbonyl (C=O) groups is 1. The lowest BCUT2D eigenvalue weighted by atomic mass is 9.99. The molecule has 1 saturated carbocycles. The largest absolute Gasteiger partial charge is 0.294 e. The van der Waals surface area contributed by atoms with Gasteiger partial charge in [0.1, 0.15) is 0 Å². The number of nitrogens with one attached hydrogen (secondary N) is 1. The van der Waals surface area contributed by atoms with Gasteiger partial charge in [-0.15, -0.1) is 0 Å². The van der Waals surface area contributed by atoms with Gasteiger partial charge < -0.3 is 0 Å². The van der Waals surface area contributed by atoms with Crippen LogP contribution in [0.25, 0.3) is 0 Å². The Morgan fingerprint density at radius 2 is 2.00 bits per heavy atom. The zero-order valence-electron chi connectivity index (χ0n) is 12.1. The number of rotatable bonds is 6. The monoisotopic (exact) mass is 292 g/mol. The smallest absolute Gasteiger partial charge is 0.241 e. The second-order valence-corrected chi connectivity index (χ2v) is 6.67. The summed E-state index contributed by atoms with van der Waals surface area (Å²) >= 11 is 2.03. The maximum Gasteiger partial charge on any atom is 0.241 e. The van der Waals surface area contributed by atoms with E-state index in [1.54, 1.807) is 0 Å². The van der Waals surface area contributed by atoms with Crippen LogP contribution in [-0.4, -0.2) is 11.7 Å². The van der Waals surface area contributed by atoms with Crippen molar-refractivity contribution < 1.29 is 4.79 Å². The number of thioether (sulfide) groups is 1. The Hall–Kier alpha value is -1.00. The molecule has 1 aliphatic carbocycles. The molecule has 1 unspecified atom stereocenters. The summed E-state index contributed by atoms with van der Waals surface area (Å²) in [7, 11) is 0. The maximum absolute atomic E-state index is 11.5. The van der Waals surface area contributed by atoms with Crippen molar-refractivity contribution >= 4 is 17.7 Å². The second kappa shape index (κ2) is 7.70. The van der Waals surface area contributed by atoms with Gasteiger partial charge in [0.05, 0.1) is 5.92 Å². The molecule has 3 N–H and O–H groups in total. The molecule has 0 heterocycles. The van der Waals surface area contributed by atoms with Crippen molar-refractivity contribution in [2.24, 2.45) is 11.8 Å². The first-order chi connectivity index (χ1) is 9.70. The average molecular weight is 292 g/mol. The number of nitrogens with two attached hydrogens (primary N) is 1. The average Bonchev–Trinajstić information content (AvgIpc) is 2.99. The van der Waals surface area contributed by atoms with Gasteiger partial charge in [0.2, 0.25) is 5.91 Å². The van der Waals surface area contributed by atoms with Gasteiger partial charge in [0, 0.05) is 5.75 Å². The molecule has 1 aliphatic rings. The van der Waals surface area contributed by atoms with Crippen LogP contribution in [0.4, 0.5) is 0 Å². The third-order valence-electron chi connectivity index (χ3n) is 4.11. The molecule has 0 aliphatic heterocycles. The van der Waals surface area contributed by atoms with Crippen molar-refractivity contribution in [3.63, 3.8) is 0 Å². The fraction of sp³-hybridized carbons (Fsp3) is 0.562. The fourth-order valence-electron chi connectivity index (χ4n) is 2.70. The zero-order chi connectivity index (χ0) is 14.4. The molecule has 1 fully saturated rings. The summed E-state index contributed by atoms with van der Waals surface area (Å²) in [5, 5.41) is 0. The van der Waals surface area contributed by atoms with E-state index >= 15 is 0 Å². The Bertz CT molecular complexity index is 427. The number of hydrogen-bond acceptors (Lipinski definition) is 3. The summed E-state index contributed by atoms with van der Waals surface area (Å²) in [5.41, 5.74) is 4.54. The molecule has 0 aromatic heterocycles. The van der Waals surface area contributed by atoms with Gasteiger partial charge in [0.15, 0.2) is 0 Å². The van der Waals surface area contributed by atoms with Crippen LogP contribution in [0.2, 0.25) is 0 Å². The lowest BCUT2D eigenvalue weighted by Gasteiger charge is -2.11. The van der Waals surface area contributed by atoms with Crippen LogP contribution < -0.4 is 11.3 Å². The quantitative estimate of drug-likeness (QED) is 0.481. The molecule has 0 spiro atoms. The Morgan fingerprint density at radius 1 is 1.35 bits per heavy atom. The van der Waals surface area contributed by atoms with Crippen LogP contribution in [0, 0.1) is 5.92 Å². The van der Waals surface area contributed by atoms with E-state index in [1.807, 2.05) is 30.8 Å². The third kappa shape index (κ3) is 4.25. The highest BCUT2D eigenvalue weighted by atomic mass is 32.2. The van der Waals surface area contributed by atoms with E-state index in [1.165, 1.54) is 37.0 Å². The SMILES string of the molecule is CC(C(=O)NN)c1ccc(CSCC2CCCC2)cc1. The van der Waals surface area contributed by atoms with Crippen LogP contribution in [0.1, 0.15) is 49.7 Å². The summed E-state index contributed by atoms with van der Waals surface area (Å²) in [6, 6.07) is 8.31. The summed E-state index contributed by atoms with van der Waals surface area (Å²) in [6.45, 7) is 1.87. The minimum absolute atomic E-state index is 0.145. The van der Waals surface area contributed by atoms with Crippen LogP contribution in [0.5, 0.6) is 0 Å². The number of amides is 1. The summed E-state index contributed by atoms with van der Waals surface area (Å²) in [5.74, 6) is 8.11. The third-order valence-corrected chi connectivity index (χ3v) is 5.36. The first-order valence-electron chi connectivity index (χ1n) is 7.37. The molecular formula is C16H24N2OS. The van der Waals surface area contributed by atoms with E-state index in [-0.39, 0.29) is 11.8 Å². The van der Waals surface area contributed by atoms with Crippen molar-refractivity contribution in [2.45, 2.75) is 44.3 Å². The standard InChI is InChI=1S/C16H24N2OS/c1-12(16(19)18-17)15-8-6-14(7-9-15)11-20-10-13-4-2-3-5-13/h6-9,12-13H,2-5,10-11,17H2,1H3,(H,18,19). The van der Waals surface area contributed by atoms with E-state index in [0.717, 1.165) is 17.2 Å². The van der Waals surface area contributed by atoms with Crippen LogP contribution >= 0.6 is 11.8 Å². The van der Waals surface area contributed by atoms with Gasteiger partial charge in [-0.2, -0.15) is 11.8 Å². The summed E-state index contributed by atoms with van der Waals surface area (Å²) < 4.78 is 0. The summed E-state index contributed by atoms with van der Waals surface area (Å²) in [6.07, 6.45) is 5.66. The normalized spacial score (nSPS) is 17.1. The Morgan fingerprint density at radius 3 is 2.60 bits per heavy atom. The zero-order valence-corrected chi connectivity index (χ0v) is 12.9. The van der Waals surface area contributed by atoms with E-state index in [9.17, 15) is 4.79 Å². The van der Waals surface area contributed by atoms with Gasteiger partial charge in [-0.3, -0.25) is 10.2 Å². The minimum atomic E-state index is -0.194. The topological polar surface area (TPSA) is 55.1 Å². The molecule has 1 aromatic rings. The van der Waals surface area contributed by atoms with Gasteiger partial charge >= 0.3 is 0 Å². The lowest BCUT2D eigenvalue weighted by molar-refractivity contribution is -0.122. The van der Waals surface area contributed by atoms with Crippen molar-refractivity contribution in [3.05, 3.63) is 35.4 Å². The van der Waals surface area contributed by atoms with Gasteiger partial charge in [0.25, 0.3) is 0 Å². The van der Waals surface area contributed by atoms with Gasteiger partial charge in [-0.25, -0.2) is 5.84 Å². The van der Waals surface area contributed by atoms with Crippen molar-refractivity contribution in [3.8, 4) is 0 Å². The second-order valence-electron chi connectivity index (χ2n) is 5.64. The molecule has 0 bridgehead atoms. The highest BCUT2D eigenvalue weighted by molar-refractivity contribution is 7.98. The Balaban J connectivity index is 1.80. The molecule has 110 valence electrons. The number of hydrazine groups is 1. The first-order valence-corrected chi connectivity index (χ1v) is 8.53. The van der Waals surface area contributed by atoms with E-state index in [4.69, 9.17) is 5.84 Å². The van der Waals surface area contributed by atoms with E-state index < -0.39 is 0 Å². The Kier molecular flexibility index (Phi) is 5.92. The molecule has 1 aromatic carbocycles. The molecule has 0 radical (unpaired) electrons. The van der Waals surface area contributed by atoms with Crippen molar-refractivity contribution in [2.75, 3.05) is 5.75 Å². The lowest BCUT2D eigenvalue weighted by Crippen LogP contribution is -2.33. The van der Waals surface area contributed by atoms with Gasteiger partial charge in [-0.05, 0) is 42.6 Å². The van der Waals surface area contributed by atoms with Gasteiger partial charge in [-0.1, -0.05) is 37.1 Å². The molecule has 1 atom stereocenters. The Labute approximate surface area is 125 Å². The number of hydrogen-bond donors (Lipinski definition) is 2. The van der Waals surface area contributed by atoms with Crippen LogP contribution in [0.3, 0.4) is 0 Å². The first kappa shape index (κ1) is 15.4. The summed E-state index contributed by atoms with van der Waals surface area (Å²) in [4.78, 5) is 11.5. The van der Waals surface area contributed by atoms with Crippen molar-refractivity contribution in [1.82, 2.24) is 5.43 Å². The number of carbonyl (C=O) groups excluding carboxylic acids is 1. The van der Waals surface area contributed by atoms with Crippen LogP contribution in [0.15, 0.2) is 24.3 Å². The van der Waals surface area contributed by atoms with E-state index in [2.05, 4.69) is 17.6 Å².